The van der Waals surface area contributed by atoms with Crippen molar-refractivity contribution in [2.45, 2.75) is 25.9 Å². The molecule has 0 saturated carbocycles. The molecule has 17 heavy (non-hydrogen) atoms. The van der Waals surface area contributed by atoms with Crippen LogP contribution in [0.1, 0.15) is 19.4 Å². The molecule has 0 unspecified atom stereocenters. The Morgan fingerprint density at radius 1 is 1.41 bits per heavy atom. The first kappa shape index (κ1) is 12.6. The van der Waals surface area contributed by atoms with Gasteiger partial charge in [-0.2, -0.15) is 0 Å². The Balaban J connectivity index is 2.06. The molecule has 0 bridgehead atoms. The van der Waals surface area contributed by atoms with Crippen LogP contribution >= 0.6 is 0 Å². The van der Waals surface area contributed by atoms with E-state index in [1.165, 1.54) is 5.56 Å². The fourth-order valence-electron chi connectivity index (χ4n) is 1.91. The van der Waals surface area contributed by atoms with Crippen LogP contribution in [0.4, 0.5) is 0 Å². The summed E-state index contributed by atoms with van der Waals surface area (Å²) in [5.74, 6) is 0. The molecule has 0 atom stereocenters. The summed E-state index contributed by atoms with van der Waals surface area (Å²) in [6.07, 6.45) is 0.917. The molecule has 3 nitrogen and oxygen atoms in total. The highest BCUT2D eigenvalue weighted by Crippen LogP contribution is 2.19. The Kier molecular flexibility index (Phi) is 3.87. The average Bonchev–Trinajstić information content (AvgIpc) is 2.67. The number of methoxy groups -OCH3 is 1. The Labute approximate surface area is 103 Å². The minimum atomic E-state index is -0.229. The van der Waals surface area contributed by atoms with Crippen molar-refractivity contribution < 1.29 is 14.0 Å². The lowest BCUT2D eigenvalue weighted by Gasteiger charge is -2.15. The van der Waals surface area contributed by atoms with Crippen LogP contribution < -0.4 is 5.46 Å². The lowest BCUT2D eigenvalue weighted by molar-refractivity contribution is 0.137. The minimum absolute atomic E-state index is 0.187. The van der Waals surface area contributed by atoms with E-state index in [0.717, 1.165) is 18.5 Å². The topological polar surface area (TPSA) is 27.7 Å². The summed E-state index contributed by atoms with van der Waals surface area (Å²) in [7, 11) is 1.49. The maximum Gasteiger partial charge on any atom is 0.494 e. The zero-order valence-corrected chi connectivity index (χ0v) is 10.7. The van der Waals surface area contributed by atoms with Gasteiger partial charge in [-0.25, -0.2) is 0 Å². The third-order valence-electron chi connectivity index (χ3n) is 2.83. The van der Waals surface area contributed by atoms with Crippen LogP contribution in [-0.4, -0.2) is 33.0 Å². The molecule has 0 radical (unpaired) electrons. The monoisotopic (exact) mass is 234 g/mol. The van der Waals surface area contributed by atoms with E-state index in [1.807, 2.05) is 26.0 Å². The maximum atomic E-state index is 5.84. The molecule has 1 fully saturated rings. The third kappa shape index (κ3) is 3.31. The average molecular weight is 234 g/mol. The minimum Gasteiger partial charge on any atom is -0.404 e. The highest BCUT2D eigenvalue weighted by Gasteiger charge is 2.37. The van der Waals surface area contributed by atoms with Crippen molar-refractivity contribution in [3.8, 4) is 0 Å². The molecule has 92 valence electrons. The second-order valence-electron chi connectivity index (χ2n) is 5.01. The van der Waals surface area contributed by atoms with Crippen molar-refractivity contribution in [3.05, 3.63) is 29.8 Å². The molecule has 1 saturated heterocycles. The van der Waals surface area contributed by atoms with Gasteiger partial charge in [-0.15, -0.1) is 0 Å². The zero-order valence-electron chi connectivity index (χ0n) is 10.7. The molecule has 0 N–H and O–H groups in total. The van der Waals surface area contributed by atoms with E-state index in [1.54, 1.807) is 7.11 Å². The van der Waals surface area contributed by atoms with Gasteiger partial charge in [0.1, 0.15) is 0 Å². The molecule has 4 heteroatoms. The van der Waals surface area contributed by atoms with Gasteiger partial charge in [0.2, 0.25) is 0 Å². The van der Waals surface area contributed by atoms with Gasteiger partial charge in [-0.05, 0) is 31.3 Å². The first-order chi connectivity index (χ1) is 8.11. The Morgan fingerprint density at radius 3 is 2.88 bits per heavy atom. The maximum absolute atomic E-state index is 5.84. The van der Waals surface area contributed by atoms with E-state index >= 15 is 0 Å². The zero-order chi connectivity index (χ0) is 12.3. The van der Waals surface area contributed by atoms with E-state index in [2.05, 4.69) is 12.1 Å². The van der Waals surface area contributed by atoms with E-state index in [4.69, 9.17) is 14.0 Å². The molecule has 1 aliphatic rings. The van der Waals surface area contributed by atoms with E-state index in [-0.39, 0.29) is 12.7 Å². The fraction of sp³-hybridized carbons (Fsp3) is 0.538. The summed E-state index contributed by atoms with van der Waals surface area (Å²) in [6, 6.07) is 8.31. The smallest absolute Gasteiger partial charge is 0.404 e. The van der Waals surface area contributed by atoms with E-state index < -0.39 is 0 Å². The number of benzene rings is 1. The molecule has 1 aromatic carbocycles. The normalized spacial score (nSPS) is 18.6. The van der Waals surface area contributed by atoms with E-state index in [0.29, 0.717) is 6.61 Å². The van der Waals surface area contributed by atoms with Crippen LogP contribution in [0, 0.1) is 0 Å². The van der Waals surface area contributed by atoms with Crippen LogP contribution in [0.25, 0.3) is 0 Å². The van der Waals surface area contributed by atoms with Gasteiger partial charge in [-0.3, -0.25) is 0 Å². The molecule has 1 aliphatic heterocycles. The Morgan fingerprint density at radius 2 is 2.24 bits per heavy atom. The van der Waals surface area contributed by atoms with Crippen LogP contribution in [0.2, 0.25) is 0 Å². The largest absolute Gasteiger partial charge is 0.494 e. The van der Waals surface area contributed by atoms with Crippen molar-refractivity contribution in [2.24, 2.45) is 0 Å². The van der Waals surface area contributed by atoms with Crippen LogP contribution in [0.3, 0.4) is 0 Å². The second-order valence-corrected chi connectivity index (χ2v) is 5.01. The number of hydrogen-bond acceptors (Lipinski definition) is 3. The molecule has 0 spiro atoms. The number of ether oxygens (including phenoxy) is 1. The summed E-state index contributed by atoms with van der Waals surface area (Å²) in [6.45, 7) is 5.46. The van der Waals surface area contributed by atoms with Gasteiger partial charge in [0.05, 0.1) is 18.8 Å². The summed E-state index contributed by atoms with van der Waals surface area (Å²) in [4.78, 5) is 0. The summed E-state index contributed by atoms with van der Waals surface area (Å²) >= 11 is 0. The molecule has 0 aromatic heterocycles. The van der Waals surface area contributed by atoms with Gasteiger partial charge in [0.25, 0.3) is 0 Å². The van der Waals surface area contributed by atoms with Gasteiger partial charge >= 0.3 is 7.12 Å². The highest BCUT2D eigenvalue weighted by molar-refractivity contribution is 6.61. The molecule has 2 rings (SSSR count). The van der Waals surface area contributed by atoms with Gasteiger partial charge in [0.15, 0.2) is 0 Å². The number of hydrogen-bond donors (Lipinski definition) is 0. The molecular formula is C13H19BO3. The number of rotatable bonds is 4. The predicted molar refractivity (Wildman–Crippen MR) is 68.5 cm³/mol. The molecule has 1 heterocycles. The third-order valence-corrected chi connectivity index (χ3v) is 2.83. The second kappa shape index (κ2) is 5.21. The van der Waals surface area contributed by atoms with Gasteiger partial charge < -0.3 is 14.0 Å². The molecule has 0 amide bonds. The quantitative estimate of drug-likeness (QED) is 0.737. The summed E-state index contributed by atoms with van der Waals surface area (Å²) < 4.78 is 16.6. The fourth-order valence-corrected chi connectivity index (χ4v) is 1.91. The summed E-state index contributed by atoms with van der Waals surface area (Å²) in [5, 5.41) is 0. The lowest BCUT2D eigenvalue weighted by atomic mass is 9.78. The Hall–Kier alpha value is -0.835. The van der Waals surface area contributed by atoms with Crippen LogP contribution in [-0.2, 0) is 20.5 Å². The molecular weight excluding hydrogens is 215 g/mol. The summed E-state index contributed by atoms with van der Waals surface area (Å²) in [5.41, 5.74) is 2.15. The first-order valence-electron chi connectivity index (χ1n) is 5.98. The van der Waals surface area contributed by atoms with Crippen molar-refractivity contribution in [1.82, 2.24) is 0 Å². The van der Waals surface area contributed by atoms with Crippen molar-refractivity contribution in [2.75, 3.05) is 20.3 Å². The van der Waals surface area contributed by atoms with Gasteiger partial charge in [-0.1, -0.05) is 24.3 Å². The molecule has 0 aliphatic carbocycles. The van der Waals surface area contributed by atoms with Crippen LogP contribution in [0.15, 0.2) is 24.3 Å². The lowest BCUT2D eigenvalue weighted by Crippen LogP contribution is -2.34. The van der Waals surface area contributed by atoms with Crippen molar-refractivity contribution in [3.63, 3.8) is 0 Å². The Bertz CT molecular complexity index is 379. The van der Waals surface area contributed by atoms with E-state index in [9.17, 15) is 0 Å². The standard InChI is InChI=1S/C13H19BO3/c1-13(2)10-16-14(17-13)12-6-4-5-11(9-12)7-8-15-3/h4-6,9H,7-8,10H2,1-3H3. The van der Waals surface area contributed by atoms with Gasteiger partial charge in [0, 0.05) is 7.11 Å². The highest BCUT2D eigenvalue weighted by atomic mass is 16.7. The van der Waals surface area contributed by atoms with Crippen LogP contribution in [0.5, 0.6) is 0 Å². The van der Waals surface area contributed by atoms with Crippen molar-refractivity contribution in [1.29, 1.82) is 0 Å². The predicted octanol–water partition coefficient (Wildman–Crippen LogP) is 1.40. The first-order valence-corrected chi connectivity index (χ1v) is 5.98. The molecule has 1 aromatic rings. The SMILES string of the molecule is COCCc1cccc(B2OCC(C)(C)O2)c1. The van der Waals surface area contributed by atoms with Crippen molar-refractivity contribution >= 4 is 12.6 Å².